The minimum atomic E-state index is 0.444. The Bertz CT molecular complexity index is 579. The normalized spacial score (nSPS) is 11.1. The number of nitrogens with zero attached hydrogens (tertiary/aromatic N) is 1. The first-order valence-corrected chi connectivity index (χ1v) is 7.51. The molecule has 2 rings (SSSR count). The van der Waals surface area contributed by atoms with Gasteiger partial charge in [-0.3, -0.25) is 0 Å². The summed E-state index contributed by atoms with van der Waals surface area (Å²) in [7, 11) is 0. The number of pyridine rings is 1. The maximum atomic E-state index is 5.88. The van der Waals surface area contributed by atoms with Crippen LogP contribution in [0.4, 0.5) is 0 Å². The quantitative estimate of drug-likeness (QED) is 0.848. The third kappa shape index (κ3) is 4.87. The van der Waals surface area contributed by atoms with Gasteiger partial charge < -0.3 is 10.1 Å². The van der Waals surface area contributed by atoms with Crippen LogP contribution in [0.1, 0.15) is 44.9 Å². The van der Waals surface area contributed by atoms with E-state index in [0.29, 0.717) is 17.8 Å². The zero-order valence-electron chi connectivity index (χ0n) is 13.3. The van der Waals surface area contributed by atoms with E-state index in [1.165, 1.54) is 5.56 Å². The van der Waals surface area contributed by atoms with Crippen molar-refractivity contribution in [1.82, 2.24) is 10.3 Å². The Kier molecular flexibility index (Phi) is 5.34. The van der Waals surface area contributed by atoms with Gasteiger partial charge in [0.2, 0.25) is 5.88 Å². The topological polar surface area (TPSA) is 34.1 Å². The molecular formula is C18H24N2O. The monoisotopic (exact) mass is 284 g/mol. The molecule has 3 heteroatoms. The molecule has 21 heavy (non-hydrogen) atoms. The van der Waals surface area contributed by atoms with Crippen molar-refractivity contribution in [2.75, 3.05) is 0 Å². The van der Waals surface area contributed by atoms with Crippen molar-refractivity contribution < 1.29 is 4.74 Å². The Hall–Kier alpha value is -1.87. The van der Waals surface area contributed by atoms with Crippen molar-refractivity contribution in [1.29, 1.82) is 0 Å². The van der Waals surface area contributed by atoms with E-state index in [4.69, 9.17) is 4.74 Å². The highest BCUT2D eigenvalue weighted by Gasteiger charge is 2.04. The van der Waals surface area contributed by atoms with Gasteiger partial charge in [-0.25, -0.2) is 4.98 Å². The van der Waals surface area contributed by atoms with Gasteiger partial charge in [-0.05, 0) is 29.7 Å². The van der Waals surface area contributed by atoms with Crippen LogP contribution in [0, 0.1) is 0 Å². The molecule has 0 spiro atoms. The van der Waals surface area contributed by atoms with E-state index in [9.17, 15) is 0 Å². The predicted octanol–water partition coefficient (Wildman–Crippen LogP) is 4.50. The van der Waals surface area contributed by atoms with Gasteiger partial charge in [-0.2, -0.15) is 0 Å². The highest BCUT2D eigenvalue weighted by atomic mass is 16.5. The van der Waals surface area contributed by atoms with E-state index in [-0.39, 0.29) is 0 Å². The summed E-state index contributed by atoms with van der Waals surface area (Å²) in [5.74, 6) is 1.96. The molecule has 0 aliphatic heterocycles. The maximum Gasteiger partial charge on any atom is 0.219 e. The summed E-state index contributed by atoms with van der Waals surface area (Å²) in [5, 5.41) is 3.36. The van der Waals surface area contributed by atoms with E-state index >= 15 is 0 Å². The lowest BCUT2D eigenvalue weighted by molar-refractivity contribution is 0.457. The molecule has 0 aliphatic carbocycles. The van der Waals surface area contributed by atoms with Crippen LogP contribution in [0.2, 0.25) is 0 Å². The molecule has 0 saturated carbocycles. The number of ether oxygens (including phenoxy) is 1. The minimum Gasteiger partial charge on any atom is -0.439 e. The lowest BCUT2D eigenvalue weighted by atomic mass is 10.0. The zero-order valence-corrected chi connectivity index (χ0v) is 13.3. The molecule has 1 N–H and O–H groups in total. The molecule has 0 unspecified atom stereocenters. The lowest BCUT2D eigenvalue weighted by Crippen LogP contribution is -2.22. The fourth-order valence-corrected chi connectivity index (χ4v) is 1.98. The molecule has 1 aromatic heterocycles. The molecule has 0 saturated heterocycles. The molecule has 3 nitrogen and oxygen atoms in total. The van der Waals surface area contributed by atoms with E-state index in [1.54, 1.807) is 0 Å². The smallest absolute Gasteiger partial charge is 0.219 e. The summed E-state index contributed by atoms with van der Waals surface area (Å²) in [5.41, 5.74) is 2.26. The average molecular weight is 284 g/mol. The summed E-state index contributed by atoms with van der Waals surface area (Å²) in [6.45, 7) is 9.35. The van der Waals surface area contributed by atoms with Crippen molar-refractivity contribution in [2.24, 2.45) is 0 Å². The van der Waals surface area contributed by atoms with E-state index in [1.807, 2.05) is 30.3 Å². The van der Waals surface area contributed by atoms with Gasteiger partial charge in [0.05, 0.1) is 5.69 Å². The molecule has 0 amide bonds. The van der Waals surface area contributed by atoms with Crippen LogP contribution in [0.3, 0.4) is 0 Å². The second kappa shape index (κ2) is 7.23. The van der Waals surface area contributed by atoms with E-state index in [0.717, 1.165) is 18.0 Å². The molecule has 1 aromatic carbocycles. The van der Waals surface area contributed by atoms with E-state index < -0.39 is 0 Å². The summed E-state index contributed by atoms with van der Waals surface area (Å²) in [6, 6.07) is 14.5. The first kappa shape index (κ1) is 15.5. The number of hydrogen-bond donors (Lipinski definition) is 1. The first-order valence-electron chi connectivity index (χ1n) is 7.51. The van der Waals surface area contributed by atoms with Crippen LogP contribution < -0.4 is 10.1 Å². The number of nitrogens with one attached hydrogen (secondary N) is 1. The second-order valence-electron chi connectivity index (χ2n) is 5.83. The zero-order chi connectivity index (χ0) is 15.2. The number of hydrogen-bond acceptors (Lipinski definition) is 3. The third-order valence-corrected chi connectivity index (χ3v) is 3.22. The van der Waals surface area contributed by atoms with Gasteiger partial charge in [0.15, 0.2) is 0 Å². The van der Waals surface area contributed by atoms with Gasteiger partial charge in [0.25, 0.3) is 0 Å². The summed E-state index contributed by atoms with van der Waals surface area (Å²) >= 11 is 0. The predicted molar refractivity (Wildman–Crippen MR) is 86.8 cm³/mol. The number of rotatable bonds is 6. The highest BCUT2D eigenvalue weighted by Crippen LogP contribution is 2.24. The molecular weight excluding hydrogens is 260 g/mol. The molecule has 0 fully saturated rings. The van der Waals surface area contributed by atoms with Crippen molar-refractivity contribution in [3.8, 4) is 11.6 Å². The second-order valence-corrected chi connectivity index (χ2v) is 5.83. The fraction of sp³-hybridized carbons (Fsp3) is 0.389. The molecule has 0 aliphatic rings. The summed E-state index contributed by atoms with van der Waals surface area (Å²) in [6.07, 6.45) is 0. The molecule has 112 valence electrons. The van der Waals surface area contributed by atoms with Gasteiger partial charge in [-0.15, -0.1) is 0 Å². The van der Waals surface area contributed by atoms with Crippen LogP contribution in [0.5, 0.6) is 11.6 Å². The standard InChI is InChI=1S/C18H24N2O/c1-13(2)15-7-5-9-17(11-15)21-18-10-6-8-16(20-18)12-19-14(3)4/h5-11,13-14,19H,12H2,1-4H3. The fourth-order valence-electron chi connectivity index (χ4n) is 1.98. The maximum absolute atomic E-state index is 5.88. The lowest BCUT2D eigenvalue weighted by Gasteiger charge is -2.11. The Morgan fingerprint density at radius 3 is 2.52 bits per heavy atom. The average Bonchev–Trinajstić information content (AvgIpc) is 2.46. The van der Waals surface area contributed by atoms with Crippen LogP contribution in [0.15, 0.2) is 42.5 Å². The van der Waals surface area contributed by atoms with Crippen molar-refractivity contribution in [3.63, 3.8) is 0 Å². The number of aromatic nitrogens is 1. The van der Waals surface area contributed by atoms with Crippen LogP contribution in [-0.4, -0.2) is 11.0 Å². The Labute approximate surface area is 127 Å². The van der Waals surface area contributed by atoms with Gasteiger partial charge in [0, 0.05) is 18.7 Å². The SMILES string of the molecule is CC(C)NCc1cccc(Oc2cccc(C(C)C)c2)n1. The molecule has 2 aromatic rings. The molecule has 0 radical (unpaired) electrons. The van der Waals surface area contributed by atoms with Crippen molar-refractivity contribution in [3.05, 3.63) is 53.7 Å². The molecule has 1 heterocycles. The summed E-state index contributed by atoms with van der Waals surface area (Å²) < 4.78 is 5.88. The van der Waals surface area contributed by atoms with Crippen LogP contribution in [-0.2, 0) is 6.54 Å². The Balaban J connectivity index is 2.09. The Morgan fingerprint density at radius 1 is 1.05 bits per heavy atom. The number of benzene rings is 1. The largest absolute Gasteiger partial charge is 0.439 e. The molecule has 0 atom stereocenters. The first-order chi connectivity index (χ1) is 10.0. The van der Waals surface area contributed by atoms with Gasteiger partial charge in [0.1, 0.15) is 5.75 Å². The van der Waals surface area contributed by atoms with Crippen LogP contribution in [0.25, 0.3) is 0 Å². The van der Waals surface area contributed by atoms with Gasteiger partial charge in [-0.1, -0.05) is 45.9 Å². The van der Waals surface area contributed by atoms with Crippen LogP contribution >= 0.6 is 0 Å². The van der Waals surface area contributed by atoms with Gasteiger partial charge >= 0.3 is 0 Å². The van der Waals surface area contributed by atoms with Crippen molar-refractivity contribution >= 4 is 0 Å². The Morgan fingerprint density at radius 2 is 1.81 bits per heavy atom. The molecule has 0 bridgehead atoms. The van der Waals surface area contributed by atoms with E-state index in [2.05, 4.69) is 50.1 Å². The minimum absolute atomic E-state index is 0.444. The highest BCUT2D eigenvalue weighted by molar-refractivity contribution is 5.33. The summed E-state index contributed by atoms with van der Waals surface area (Å²) in [4.78, 5) is 4.53. The third-order valence-electron chi connectivity index (χ3n) is 3.22. The van der Waals surface area contributed by atoms with Crippen molar-refractivity contribution in [2.45, 2.75) is 46.2 Å².